The fraction of sp³-hybridized carbons (Fsp3) is 0.474. The van der Waals surface area contributed by atoms with E-state index >= 15 is 0 Å². The van der Waals surface area contributed by atoms with E-state index in [0.717, 1.165) is 17.5 Å². The van der Waals surface area contributed by atoms with Gasteiger partial charge in [-0.1, -0.05) is 36.9 Å². The van der Waals surface area contributed by atoms with Gasteiger partial charge in [-0.2, -0.15) is 0 Å². The van der Waals surface area contributed by atoms with Crippen molar-refractivity contribution >= 4 is 18.1 Å². The fourth-order valence-corrected chi connectivity index (χ4v) is 2.61. The highest BCUT2D eigenvalue weighted by atomic mass is 16.6. The van der Waals surface area contributed by atoms with E-state index in [-0.39, 0.29) is 18.0 Å². The lowest BCUT2D eigenvalue weighted by atomic mass is 10.1. The normalized spacial score (nSPS) is 17.5. The highest BCUT2D eigenvalue weighted by Crippen LogP contribution is 2.15. The molecule has 2 amide bonds. The molecule has 0 bridgehead atoms. The van der Waals surface area contributed by atoms with Crippen LogP contribution in [0.15, 0.2) is 30.8 Å². The molecule has 1 aliphatic heterocycles. The topological polar surface area (TPSA) is 58.6 Å². The second-order valence-corrected chi connectivity index (χ2v) is 7.10. The predicted octanol–water partition coefficient (Wildman–Crippen LogP) is 3.00. The van der Waals surface area contributed by atoms with E-state index in [1.165, 1.54) is 0 Å². The zero-order chi connectivity index (χ0) is 17.7. The van der Waals surface area contributed by atoms with Crippen LogP contribution in [-0.4, -0.2) is 41.6 Å². The Morgan fingerprint density at radius 1 is 1.33 bits per heavy atom. The van der Waals surface area contributed by atoms with Crippen molar-refractivity contribution in [3.63, 3.8) is 0 Å². The number of nitrogens with one attached hydrogen (secondary N) is 1. The Labute approximate surface area is 143 Å². The lowest BCUT2D eigenvalue weighted by molar-refractivity contribution is -0.121. The molecule has 1 aliphatic rings. The molecule has 5 nitrogen and oxygen atoms in total. The summed E-state index contributed by atoms with van der Waals surface area (Å²) in [4.78, 5) is 25.8. The molecule has 5 heteroatoms. The molecule has 1 saturated heterocycles. The molecule has 1 unspecified atom stereocenters. The number of ether oxygens (including phenoxy) is 1. The van der Waals surface area contributed by atoms with E-state index in [2.05, 4.69) is 11.9 Å². The first-order chi connectivity index (χ1) is 11.3. The summed E-state index contributed by atoms with van der Waals surface area (Å²) in [6.45, 7) is 10.3. The average molecular weight is 330 g/mol. The number of carbonyl (C=O) groups is 2. The number of rotatable bonds is 4. The van der Waals surface area contributed by atoms with Crippen molar-refractivity contribution in [2.45, 2.75) is 45.3 Å². The molecule has 130 valence electrons. The van der Waals surface area contributed by atoms with Gasteiger partial charge < -0.3 is 15.0 Å². The minimum atomic E-state index is -0.504. The van der Waals surface area contributed by atoms with E-state index in [0.29, 0.717) is 19.5 Å². The monoisotopic (exact) mass is 330 g/mol. The molecule has 0 aliphatic carbocycles. The lowest BCUT2D eigenvalue weighted by Gasteiger charge is -2.24. The van der Waals surface area contributed by atoms with E-state index in [1.54, 1.807) is 11.0 Å². The summed E-state index contributed by atoms with van der Waals surface area (Å²) < 4.78 is 5.36. The van der Waals surface area contributed by atoms with Gasteiger partial charge in [0, 0.05) is 19.1 Å². The zero-order valence-corrected chi connectivity index (χ0v) is 14.7. The van der Waals surface area contributed by atoms with Crippen LogP contribution < -0.4 is 5.32 Å². The molecule has 1 atom stereocenters. The predicted molar refractivity (Wildman–Crippen MR) is 94.6 cm³/mol. The summed E-state index contributed by atoms with van der Waals surface area (Å²) in [6.07, 6.45) is 2.54. The smallest absolute Gasteiger partial charge is 0.410 e. The highest BCUT2D eigenvalue weighted by molar-refractivity contribution is 5.79. The van der Waals surface area contributed by atoms with Gasteiger partial charge in [-0.05, 0) is 38.3 Å². The second kappa shape index (κ2) is 7.51. The number of hydrogen-bond donors (Lipinski definition) is 1. The Morgan fingerprint density at radius 2 is 2.00 bits per heavy atom. The third kappa shape index (κ3) is 5.41. The van der Waals surface area contributed by atoms with Crippen LogP contribution in [-0.2, 0) is 16.0 Å². The highest BCUT2D eigenvalue weighted by Gasteiger charge is 2.30. The molecular weight excluding hydrogens is 304 g/mol. The standard InChI is InChI=1S/C19H26N2O3/c1-5-14-6-8-15(9-7-14)12-17(22)20-16-10-11-21(13-16)18(23)24-19(2,3)4/h5-9,16H,1,10-13H2,2-4H3,(H,20,22). The zero-order valence-electron chi connectivity index (χ0n) is 14.7. The van der Waals surface area contributed by atoms with Crippen molar-refractivity contribution in [1.29, 1.82) is 0 Å². The van der Waals surface area contributed by atoms with Gasteiger partial charge in [0.05, 0.1) is 6.42 Å². The first kappa shape index (κ1) is 18.0. The summed E-state index contributed by atoms with van der Waals surface area (Å²) in [5.41, 5.74) is 1.48. The van der Waals surface area contributed by atoms with Gasteiger partial charge >= 0.3 is 6.09 Å². The maximum Gasteiger partial charge on any atom is 0.410 e. The van der Waals surface area contributed by atoms with Crippen molar-refractivity contribution in [2.75, 3.05) is 13.1 Å². The quantitative estimate of drug-likeness (QED) is 0.923. The Kier molecular flexibility index (Phi) is 5.65. The number of benzene rings is 1. The van der Waals surface area contributed by atoms with E-state index < -0.39 is 5.60 Å². The molecule has 1 fully saturated rings. The third-order valence-electron chi connectivity index (χ3n) is 3.79. The first-order valence-corrected chi connectivity index (χ1v) is 8.25. The van der Waals surface area contributed by atoms with Gasteiger partial charge in [-0.15, -0.1) is 0 Å². The van der Waals surface area contributed by atoms with Crippen LogP contribution in [0.3, 0.4) is 0 Å². The Bertz CT molecular complexity index is 602. The van der Waals surface area contributed by atoms with Crippen LogP contribution in [0.1, 0.15) is 38.3 Å². The third-order valence-corrected chi connectivity index (χ3v) is 3.79. The van der Waals surface area contributed by atoms with Gasteiger partial charge in [-0.3, -0.25) is 4.79 Å². The van der Waals surface area contributed by atoms with Crippen molar-refractivity contribution in [2.24, 2.45) is 0 Å². The average Bonchev–Trinajstić information content (AvgIpc) is 2.95. The van der Waals surface area contributed by atoms with Crippen molar-refractivity contribution in [3.8, 4) is 0 Å². The molecule has 1 aromatic rings. The van der Waals surface area contributed by atoms with Crippen LogP contribution in [0.2, 0.25) is 0 Å². The number of nitrogens with zero attached hydrogens (tertiary/aromatic N) is 1. The van der Waals surface area contributed by atoms with Gasteiger partial charge in [0.2, 0.25) is 5.91 Å². The van der Waals surface area contributed by atoms with Gasteiger partial charge in [0.25, 0.3) is 0 Å². The van der Waals surface area contributed by atoms with Crippen LogP contribution >= 0.6 is 0 Å². The summed E-state index contributed by atoms with van der Waals surface area (Å²) in [6, 6.07) is 7.72. The van der Waals surface area contributed by atoms with Crippen LogP contribution in [0.4, 0.5) is 4.79 Å². The molecule has 1 aromatic carbocycles. The van der Waals surface area contributed by atoms with Gasteiger partial charge in [0.15, 0.2) is 0 Å². The molecule has 0 saturated carbocycles. The summed E-state index contributed by atoms with van der Waals surface area (Å²) >= 11 is 0. The van der Waals surface area contributed by atoms with Crippen molar-refractivity contribution in [1.82, 2.24) is 10.2 Å². The molecule has 0 spiro atoms. The van der Waals surface area contributed by atoms with Crippen LogP contribution in [0.25, 0.3) is 6.08 Å². The number of amides is 2. The summed E-state index contributed by atoms with van der Waals surface area (Å²) in [5.74, 6) is -0.0302. The first-order valence-electron chi connectivity index (χ1n) is 8.25. The van der Waals surface area contributed by atoms with Crippen LogP contribution in [0, 0.1) is 0 Å². The molecule has 1 N–H and O–H groups in total. The number of likely N-dealkylation sites (tertiary alicyclic amines) is 1. The molecule has 0 radical (unpaired) electrons. The van der Waals surface area contributed by atoms with E-state index in [4.69, 9.17) is 4.74 Å². The fourth-order valence-electron chi connectivity index (χ4n) is 2.61. The minimum Gasteiger partial charge on any atom is -0.444 e. The Balaban J connectivity index is 1.80. The second-order valence-electron chi connectivity index (χ2n) is 7.10. The molecule has 1 heterocycles. The van der Waals surface area contributed by atoms with Crippen LogP contribution in [0.5, 0.6) is 0 Å². The number of carbonyl (C=O) groups excluding carboxylic acids is 2. The lowest BCUT2D eigenvalue weighted by Crippen LogP contribution is -2.40. The molecule has 0 aromatic heterocycles. The number of hydrogen-bond acceptors (Lipinski definition) is 3. The SMILES string of the molecule is C=Cc1ccc(CC(=O)NC2CCN(C(=O)OC(C)(C)C)C2)cc1. The van der Waals surface area contributed by atoms with Gasteiger partial charge in [0.1, 0.15) is 5.60 Å². The largest absolute Gasteiger partial charge is 0.444 e. The maximum absolute atomic E-state index is 12.2. The van der Waals surface area contributed by atoms with E-state index in [9.17, 15) is 9.59 Å². The van der Waals surface area contributed by atoms with Crippen molar-refractivity contribution in [3.05, 3.63) is 42.0 Å². The molecule has 24 heavy (non-hydrogen) atoms. The summed E-state index contributed by atoms with van der Waals surface area (Å²) in [7, 11) is 0. The molecule has 2 rings (SSSR count). The maximum atomic E-state index is 12.2. The molecular formula is C19H26N2O3. The minimum absolute atomic E-state index is 0.0162. The Morgan fingerprint density at radius 3 is 2.58 bits per heavy atom. The summed E-state index contributed by atoms with van der Waals surface area (Å²) in [5, 5.41) is 3.00. The van der Waals surface area contributed by atoms with Gasteiger partial charge in [-0.25, -0.2) is 4.79 Å². The van der Waals surface area contributed by atoms with E-state index in [1.807, 2.05) is 45.0 Å². The van der Waals surface area contributed by atoms with Crippen molar-refractivity contribution < 1.29 is 14.3 Å². The Hall–Kier alpha value is -2.30.